The minimum absolute atomic E-state index is 0.0935. The lowest BCUT2D eigenvalue weighted by Gasteiger charge is -2.35. The number of hydrogen-bond donors (Lipinski definition) is 1. The molecule has 0 amide bonds. The van der Waals surface area contributed by atoms with Crippen LogP contribution in [0, 0.1) is 11.8 Å². The van der Waals surface area contributed by atoms with E-state index in [4.69, 9.17) is 4.74 Å². The summed E-state index contributed by atoms with van der Waals surface area (Å²) in [7, 11) is 0. The SMILES string of the molecule is CCOC(=O)C(C)(CC(C)N1CC(C)C(C)C1)NC1CC1. The van der Waals surface area contributed by atoms with E-state index < -0.39 is 5.54 Å². The van der Waals surface area contributed by atoms with Gasteiger partial charge in [-0.1, -0.05) is 13.8 Å². The zero-order valence-corrected chi connectivity index (χ0v) is 14.3. The normalized spacial score (nSPS) is 30.9. The van der Waals surface area contributed by atoms with Crippen LogP contribution in [-0.4, -0.2) is 48.2 Å². The van der Waals surface area contributed by atoms with Crippen LogP contribution in [0.15, 0.2) is 0 Å². The van der Waals surface area contributed by atoms with Crippen molar-refractivity contribution in [2.75, 3.05) is 19.7 Å². The Morgan fingerprint density at radius 3 is 2.38 bits per heavy atom. The van der Waals surface area contributed by atoms with Crippen molar-refractivity contribution < 1.29 is 9.53 Å². The predicted molar refractivity (Wildman–Crippen MR) is 85.2 cm³/mol. The van der Waals surface area contributed by atoms with Crippen molar-refractivity contribution in [3.05, 3.63) is 0 Å². The fourth-order valence-corrected chi connectivity index (χ4v) is 3.42. The van der Waals surface area contributed by atoms with Gasteiger partial charge in [0.15, 0.2) is 0 Å². The van der Waals surface area contributed by atoms with E-state index in [2.05, 4.69) is 31.0 Å². The highest BCUT2D eigenvalue weighted by Gasteiger charge is 2.42. The van der Waals surface area contributed by atoms with Crippen LogP contribution in [0.3, 0.4) is 0 Å². The number of carbonyl (C=O) groups excluding carboxylic acids is 1. The standard InChI is InChI=1S/C17H32N2O2/c1-6-21-16(20)17(5,18-15-7-8-15)9-14(4)19-10-12(2)13(3)11-19/h12-15,18H,6-11H2,1-5H3. The van der Waals surface area contributed by atoms with Gasteiger partial charge in [-0.25, -0.2) is 0 Å². The fourth-order valence-electron chi connectivity index (χ4n) is 3.42. The molecule has 0 aromatic rings. The first-order chi connectivity index (χ1) is 9.85. The van der Waals surface area contributed by atoms with E-state index in [-0.39, 0.29) is 5.97 Å². The van der Waals surface area contributed by atoms with Crippen LogP contribution < -0.4 is 5.32 Å². The number of hydrogen-bond acceptors (Lipinski definition) is 4. The second-order valence-electron chi connectivity index (χ2n) is 7.43. The van der Waals surface area contributed by atoms with Gasteiger partial charge in [-0.15, -0.1) is 0 Å². The molecule has 1 heterocycles. The molecule has 1 aliphatic carbocycles. The third kappa shape index (κ3) is 4.19. The van der Waals surface area contributed by atoms with Crippen molar-refractivity contribution in [3.63, 3.8) is 0 Å². The lowest BCUT2D eigenvalue weighted by atomic mass is 9.92. The summed E-state index contributed by atoms with van der Waals surface area (Å²) in [6.45, 7) is 13.5. The molecule has 0 aromatic carbocycles. The van der Waals surface area contributed by atoms with Crippen LogP contribution in [0.2, 0.25) is 0 Å². The van der Waals surface area contributed by atoms with Gasteiger partial charge in [-0.2, -0.15) is 0 Å². The number of carbonyl (C=O) groups is 1. The van der Waals surface area contributed by atoms with Crippen LogP contribution in [0.25, 0.3) is 0 Å². The summed E-state index contributed by atoms with van der Waals surface area (Å²) in [5, 5.41) is 3.53. The van der Waals surface area contributed by atoms with Gasteiger partial charge >= 0.3 is 5.97 Å². The molecule has 2 aliphatic rings. The quantitative estimate of drug-likeness (QED) is 0.733. The maximum Gasteiger partial charge on any atom is 0.326 e. The highest BCUT2D eigenvalue weighted by atomic mass is 16.5. The number of nitrogens with one attached hydrogen (secondary N) is 1. The molecule has 4 nitrogen and oxygen atoms in total. The van der Waals surface area contributed by atoms with E-state index in [1.54, 1.807) is 0 Å². The maximum absolute atomic E-state index is 12.4. The van der Waals surface area contributed by atoms with Crippen molar-refractivity contribution in [1.82, 2.24) is 10.2 Å². The van der Waals surface area contributed by atoms with Gasteiger partial charge in [-0.05, 0) is 51.9 Å². The number of nitrogens with zero attached hydrogens (tertiary/aromatic N) is 1. The van der Waals surface area contributed by atoms with Crippen molar-refractivity contribution in [2.24, 2.45) is 11.8 Å². The Hall–Kier alpha value is -0.610. The Morgan fingerprint density at radius 1 is 1.33 bits per heavy atom. The van der Waals surface area contributed by atoms with Crippen LogP contribution in [0.5, 0.6) is 0 Å². The summed E-state index contributed by atoms with van der Waals surface area (Å²) in [5.41, 5.74) is -0.550. The third-order valence-electron chi connectivity index (χ3n) is 5.17. The Morgan fingerprint density at radius 2 is 1.90 bits per heavy atom. The first kappa shape index (κ1) is 16.8. The van der Waals surface area contributed by atoms with Crippen molar-refractivity contribution in [2.45, 2.75) is 71.5 Å². The largest absolute Gasteiger partial charge is 0.465 e. The Labute approximate surface area is 129 Å². The molecule has 4 heteroatoms. The van der Waals surface area contributed by atoms with Gasteiger partial charge in [0.2, 0.25) is 0 Å². The first-order valence-electron chi connectivity index (χ1n) is 8.54. The van der Waals surface area contributed by atoms with E-state index in [0.717, 1.165) is 31.3 Å². The molecule has 2 fully saturated rings. The molecule has 2 rings (SSSR count). The van der Waals surface area contributed by atoms with Crippen molar-refractivity contribution in [3.8, 4) is 0 Å². The summed E-state index contributed by atoms with van der Waals surface area (Å²) in [6, 6.07) is 0.904. The minimum atomic E-state index is -0.550. The van der Waals surface area contributed by atoms with Crippen LogP contribution in [-0.2, 0) is 9.53 Å². The minimum Gasteiger partial charge on any atom is -0.465 e. The molecule has 1 N–H and O–H groups in total. The summed E-state index contributed by atoms with van der Waals surface area (Å²) in [6.07, 6.45) is 3.18. The number of ether oxygens (including phenoxy) is 1. The van der Waals surface area contributed by atoms with E-state index in [1.807, 2.05) is 13.8 Å². The van der Waals surface area contributed by atoms with E-state index in [9.17, 15) is 4.79 Å². The molecule has 122 valence electrons. The highest BCUT2D eigenvalue weighted by Crippen LogP contribution is 2.30. The second-order valence-corrected chi connectivity index (χ2v) is 7.43. The van der Waals surface area contributed by atoms with E-state index in [0.29, 0.717) is 18.7 Å². The monoisotopic (exact) mass is 296 g/mol. The van der Waals surface area contributed by atoms with E-state index >= 15 is 0 Å². The molecule has 0 bridgehead atoms. The molecule has 0 spiro atoms. The topological polar surface area (TPSA) is 41.6 Å². The zero-order valence-electron chi connectivity index (χ0n) is 14.3. The summed E-state index contributed by atoms with van der Waals surface area (Å²) >= 11 is 0. The number of likely N-dealkylation sites (tertiary alicyclic amines) is 1. The summed E-state index contributed by atoms with van der Waals surface area (Å²) in [4.78, 5) is 14.9. The van der Waals surface area contributed by atoms with E-state index in [1.165, 1.54) is 12.8 Å². The molecular weight excluding hydrogens is 264 g/mol. The molecule has 21 heavy (non-hydrogen) atoms. The molecule has 0 aromatic heterocycles. The van der Waals surface area contributed by atoms with Gasteiger partial charge in [-0.3, -0.25) is 10.1 Å². The van der Waals surface area contributed by atoms with Crippen LogP contribution in [0.1, 0.15) is 53.9 Å². The molecule has 1 aliphatic heterocycles. The number of esters is 1. The maximum atomic E-state index is 12.4. The van der Waals surface area contributed by atoms with Gasteiger partial charge in [0.05, 0.1) is 6.61 Å². The molecular formula is C17H32N2O2. The lowest BCUT2D eigenvalue weighted by Crippen LogP contribution is -2.55. The molecule has 4 atom stereocenters. The second kappa shape index (κ2) is 6.66. The average molecular weight is 296 g/mol. The summed E-state index contributed by atoms with van der Waals surface area (Å²) in [5.74, 6) is 1.40. The van der Waals surface area contributed by atoms with Crippen molar-refractivity contribution in [1.29, 1.82) is 0 Å². The first-order valence-corrected chi connectivity index (χ1v) is 8.54. The van der Waals surface area contributed by atoms with Gasteiger partial charge in [0.1, 0.15) is 5.54 Å². The van der Waals surface area contributed by atoms with Gasteiger partial charge < -0.3 is 9.64 Å². The Balaban J connectivity index is 1.98. The Kier molecular flexibility index (Phi) is 5.31. The van der Waals surface area contributed by atoms with Crippen LogP contribution in [0.4, 0.5) is 0 Å². The zero-order chi connectivity index (χ0) is 15.6. The summed E-state index contributed by atoms with van der Waals surface area (Å²) < 4.78 is 5.32. The lowest BCUT2D eigenvalue weighted by molar-refractivity contribution is -0.151. The van der Waals surface area contributed by atoms with Crippen LogP contribution >= 0.6 is 0 Å². The molecule has 1 saturated heterocycles. The smallest absolute Gasteiger partial charge is 0.326 e. The van der Waals surface area contributed by atoms with Crippen molar-refractivity contribution >= 4 is 5.97 Å². The number of rotatable bonds is 7. The predicted octanol–water partition coefficient (Wildman–Crippen LogP) is 2.43. The molecule has 4 unspecified atom stereocenters. The molecule has 1 saturated carbocycles. The third-order valence-corrected chi connectivity index (χ3v) is 5.17. The van der Waals surface area contributed by atoms with Gasteiger partial charge in [0, 0.05) is 25.2 Å². The Bertz CT molecular complexity index is 360. The molecule has 0 radical (unpaired) electrons. The van der Waals surface area contributed by atoms with Gasteiger partial charge in [0.25, 0.3) is 0 Å². The highest BCUT2D eigenvalue weighted by molar-refractivity contribution is 5.80. The average Bonchev–Trinajstić information content (AvgIpc) is 3.14. The fraction of sp³-hybridized carbons (Fsp3) is 0.941.